The van der Waals surface area contributed by atoms with Gasteiger partial charge in [0.05, 0.1) is 21.3 Å². The molecular formula is C40H24N4S. The van der Waals surface area contributed by atoms with Crippen molar-refractivity contribution in [1.82, 2.24) is 19.5 Å². The van der Waals surface area contributed by atoms with Gasteiger partial charge < -0.3 is 9.55 Å². The number of thiophene rings is 1. The molecule has 5 heterocycles. The van der Waals surface area contributed by atoms with E-state index < -0.39 is 0 Å². The first-order valence-electron chi connectivity index (χ1n) is 15.1. The van der Waals surface area contributed by atoms with Crippen molar-refractivity contribution in [3.05, 3.63) is 140 Å². The van der Waals surface area contributed by atoms with Gasteiger partial charge in [0.15, 0.2) is 0 Å². The van der Waals surface area contributed by atoms with Crippen molar-refractivity contribution in [2.24, 2.45) is 0 Å². The highest BCUT2D eigenvalue weighted by atomic mass is 32.1. The molecule has 5 aromatic heterocycles. The molecule has 0 radical (unpaired) electrons. The summed E-state index contributed by atoms with van der Waals surface area (Å²) in [4.78, 5) is 12.9. The molecule has 0 fully saturated rings. The number of para-hydroxylation sites is 2. The van der Waals surface area contributed by atoms with Crippen molar-refractivity contribution in [2.75, 3.05) is 0 Å². The fourth-order valence-electron chi connectivity index (χ4n) is 6.94. The Kier molecular flexibility index (Phi) is 5.12. The average molecular weight is 593 g/mol. The number of fused-ring (bicyclic) bond motifs is 9. The Hall–Kier alpha value is -5.78. The molecule has 4 nitrogen and oxygen atoms in total. The van der Waals surface area contributed by atoms with Gasteiger partial charge in [-0.1, -0.05) is 48.5 Å². The summed E-state index contributed by atoms with van der Waals surface area (Å²) in [5.74, 6) is 0. The number of aromatic nitrogens is 4. The summed E-state index contributed by atoms with van der Waals surface area (Å²) in [6, 6.07) is 43.7. The molecule has 0 saturated heterocycles. The number of nitrogens with zero attached hydrogens (tertiary/aromatic N) is 3. The van der Waals surface area contributed by atoms with Gasteiger partial charge in [-0.15, -0.1) is 11.3 Å². The lowest BCUT2D eigenvalue weighted by Crippen LogP contribution is -1.93. The molecule has 0 aliphatic rings. The van der Waals surface area contributed by atoms with Gasteiger partial charge in [0, 0.05) is 78.1 Å². The summed E-state index contributed by atoms with van der Waals surface area (Å²) in [6.07, 6.45) is 5.81. The molecule has 1 N–H and O–H groups in total. The first-order valence-corrected chi connectivity index (χ1v) is 15.9. The summed E-state index contributed by atoms with van der Waals surface area (Å²) in [7, 11) is 0. The number of pyridine rings is 2. The molecule has 210 valence electrons. The number of aromatic amines is 1. The van der Waals surface area contributed by atoms with Gasteiger partial charge in [0.1, 0.15) is 0 Å². The Balaban J connectivity index is 1.12. The summed E-state index contributed by atoms with van der Waals surface area (Å²) < 4.78 is 4.85. The van der Waals surface area contributed by atoms with Crippen LogP contribution in [0.2, 0.25) is 0 Å². The lowest BCUT2D eigenvalue weighted by atomic mass is 9.99. The molecule has 0 spiro atoms. The third-order valence-corrected chi connectivity index (χ3v) is 10.2. The Morgan fingerprint density at radius 1 is 0.511 bits per heavy atom. The van der Waals surface area contributed by atoms with Gasteiger partial charge >= 0.3 is 0 Å². The molecular weight excluding hydrogens is 569 g/mol. The predicted octanol–water partition coefficient (Wildman–Crippen LogP) is 10.9. The van der Waals surface area contributed by atoms with E-state index in [-0.39, 0.29) is 0 Å². The largest absolute Gasteiger partial charge is 0.355 e. The number of rotatable bonds is 3. The molecule has 0 aliphatic heterocycles. The van der Waals surface area contributed by atoms with Crippen molar-refractivity contribution in [1.29, 1.82) is 0 Å². The maximum absolute atomic E-state index is 4.71. The van der Waals surface area contributed by atoms with E-state index >= 15 is 0 Å². The molecule has 0 bridgehead atoms. The molecule has 0 aliphatic carbocycles. The Morgan fingerprint density at radius 2 is 1.27 bits per heavy atom. The highest BCUT2D eigenvalue weighted by molar-refractivity contribution is 7.25. The summed E-state index contributed by atoms with van der Waals surface area (Å²) >= 11 is 1.80. The highest BCUT2D eigenvalue weighted by Gasteiger charge is 2.15. The summed E-state index contributed by atoms with van der Waals surface area (Å²) in [5, 5.41) is 6.12. The second kappa shape index (κ2) is 9.36. The third-order valence-electron chi connectivity index (χ3n) is 9.05. The van der Waals surface area contributed by atoms with Crippen LogP contribution in [0.1, 0.15) is 0 Å². The first kappa shape index (κ1) is 24.6. The van der Waals surface area contributed by atoms with E-state index in [0.717, 1.165) is 44.5 Å². The summed E-state index contributed by atoms with van der Waals surface area (Å²) in [6.45, 7) is 0. The Bertz CT molecular complexity index is 2780. The van der Waals surface area contributed by atoms with Crippen LogP contribution in [0.4, 0.5) is 0 Å². The van der Waals surface area contributed by atoms with Crippen LogP contribution in [-0.4, -0.2) is 19.5 Å². The quantitative estimate of drug-likeness (QED) is 0.222. The minimum atomic E-state index is 1.07. The zero-order chi connectivity index (χ0) is 29.5. The SMILES string of the molecule is c1ccc2c(c1)[nH]c1ccc(-c3cncc(-c4ccc5c(c4)c4ccccc4n5-c4ccc5sc6cccnc6c5c4)c3)cc12. The zero-order valence-electron chi connectivity index (χ0n) is 24.0. The van der Waals surface area contributed by atoms with Gasteiger partial charge in [-0.3, -0.25) is 9.97 Å². The number of benzene rings is 5. The van der Waals surface area contributed by atoms with Gasteiger partial charge in [-0.25, -0.2) is 0 Å². The monoisotopic (exact) mass is 592 g/mol. The van der Waals surface area contributed by atoms with E-state index in [1.54, 1.807) is 11.3 Å². The van der Waals surface area contributed by atoms with E-state index in [1.165, 1.54) is 47.4 Å². The normalized spacial score (nSPS) is 12.0. The van der Waals surface area contributed by atoms with Gasteiger partial charge in [-0.05, 0) is 83.9 Å². The molecule has 0 amide bonds. The molecule has 5 aromatic carbocycles. The standard InChI is InChI=1S/C40H24N4S/c1-3-8-34-29(6-1)31-19-24(11-14-35(31)43-34)26-18-27(23-41-22-26)25-12-15-37-32(20-25)30-7-2-4-9-36(30)44(37)28-13-16-38-33(21-28)40-39(45-38)10-5-17-42-40/h1-23,43H. The highest BCUT2D eigenvalue weighted by Crippen LogP contribution is 2.39. The third kappa shape index (κ3) is 3.71. The van der Waals surface area contributed by atoms with E-state index in [4.69, 9.17) is 9.97 Å². The van der Waals surface area contributed by atoms with Crippen molar-refractivity contribution in [3.63, 3.8) is 0 Å². The number of nitrogens with one attached hydrogen (secondary N) is 1. The number of H-pyrrole nitrogens is 1. The van der Waals surface area contributed by atoms with Crippen molar-refractivity contribution in [2.45, 2.75) is 0 Å². The molecule has 0 unspecified atom stereocenters. The van der Waals surface area contributed by atoms with E-state index in [9.17, 15) is 0 Å². The van der Waals surface area contributed by atoms with E-state index in [0.29, 0.717) is 0 Å². The smallest absolute Gasteiger partial charge is 0.0889 e. The number of hydrogen-bond acceptors (Lipinski definition) is 3. The summed E-state index contributed by atoms with van der Waals surface area (Å²) in [5.41, 5.74) is 11.4. The van der Waals surface area contributed by atoms with Crippen molar-refractivity contribution < 1.29 is 0 Å². The van der Waals surface area contributed by atoms with Crippen molar-refractivity contribution >= 4 is 75.3 Å². The van der Waals surface area contributed by atoms with Gasteiger partial charge in [-0.2, -0.15) is 0 Å². The minimum absolute atomic E-state index is 1.07. The Morgan fingerprint density at radius 3 is 2.18 bits per heavy atom. The van der Waals surface area contributed by atoms with Crippen molar-refractivity contribution in [3.8, 4) is 27.9 Å². The van der Waals surface area contributed by atoms with E-state index in [2.05, 4.69) is 125 Å². The maximum atomic E-state index is 4.71. The van der Waals surface area contributed by atoms with Crippen LogP contribution in [0.25, 0.3) is 91.9 Å². The van der Waals surface area contributed by atoms with Crippen LogP contribution in [-0.2, 0) is 0 Å². The first-order chi connectivity index (χ1) is 22.3. The average Bonchev–Trinajstić information content (AvgIpc) is 3.77. The second-order valence-corrected chi connectivity index (χ2v) is 12.7. The van der Waals surface area contributed by atoms with E-state index in [1.807, 2.05) is 24.7 Å². The Labute approximate surface area is 261 Å². The molecule has 10 aromatic rings. The van der Waals surface area contributed by atoms with Crippen LogP contribution in [0.3, 0.4) is 0 Å². The van der Waals surface area contributed by atoms with Crippen LogP contribution in [0.15, 0.2) is 140 Å². The predicted molar refractivity (Wildman–Crippen MR) is 189 cm³/mol. The molecule has 0 atom stereocenters. The second-order valence-electron chi connectivity index (χ2n) is 11.6. The molecule has 10 rings (SSSR count). The van der Waals surface area contributed by atoms with Gasteiger partial charge in [0.2, 0.25) is 0 Å². The fraction of sp³-hybridized carbons (Fsp3) is 0. The topological polar surface area (TPSA) is 46.5 Å². The van der Waals surface area contributed by atoms with Crippen LogP contribution >= 0.6 is 11.3 Å². The van der Waals surface area contributed by atoms with Crippen LogP contribution < -0.4 is 0 Å². The zero-order valence-corrected chi connectivity index (χ0v) is 24.8. The van der Waals surface area contributed by atoms with Gasteiger partial charge in [0.25, 0.3) is 0 Å². The molecule has 5 heteroatoms. The minimum Gasteiger partial charge on any atom is -0.355 e. The molecule has 45 heavy (non-hydrogen) atoms. The maximum Gasteiger partial charge on any atom is 0.0889 e. The molecule has 0 saturated carbocycles. The lowest BCUT2D eigenvalue weighted by Gasteiger charge is -2.09. The van der Waals surface area contributed by atoms with Crippen LogP contribution in [0.5, 0.6) is 0 Å². The van der Waals surface area contributed by atoms with Crippen LogP contribution in [0, 0.1) is 0 Å². The fourth-order valence-corrected chi connectivity index (χ4v) is 7.98. The number of hydrogen-bond donors (Lipinski definition) is 1. The lowest BCUT2D eigenvalue weighted by molar-refractivity contribution is 1.19.